The van der Waals surface area contributed by atoms with E-state index in [-0.39, 0.29) is 12.0 Å². The summed E-state index contributed by atoms with van der Waals surface area (Å²) in [6.45, 7) is 19.0. The molecule has 0 radical (unpaired) electrons. The van der Waals surface area contributed by atoms with Crippen molar-refractivity contribution in [2.24, 2.45) is 5.92 Å². The Morgan fingerprint density at radius 1 is 1.12 bits per heavy atom. The van der Waals surface area contributed by atoms with E-state index in [1.54, 1.807) is 0 Å². The van der Waals surface area contributed by atoms with E-state index in [2.05, 4.69) is 6.58 Å². The molecule has 1 saturated heterocycles. The smallest absolute Gasteiger partial charge is 0.253 e. The summed E-state index contributed by atoms with van der Waals surface area (Å²) in [6, 6.07) is -0.897. The molecule has 1 aliphatic heterocycles. The van der Waals surface area contributed by atoms with E-state index in [0.717, 1.165) is 0 Å². The van der Waals surface area contributed by atoms with Crippen LogP contribution < -0.4 is 0 Å². The molecule has 0 bridgehead atoms. The third-order valence-corrected chi connectivity index (χ3v) is 4.44. The average molecular weight is 386 g/mol. The maximum atomic E-state index is 13.6. The van der Waals surface area contributed by atoms with Gasteiger partial charge in [-0.05, 0) is 6.42 Å². The third-order valence-electron chi connectivity index (χ3n) is 4.44. The molecule has 4 atom stereocenters. The summed E-state index contributed by atoms with van der Waals surface area (Å²) in [7, 11) is 0. The summed E-state index contributed by atoms with van der Waals surface area (Å²) >= 11 is 0. The van der Waals surface area contributed by atoms with Crippen molar-refractivity contribution in [2.45, 2.75) is 105 Å². The maximum Gasteiger partial charge on any atom is 0.253 e. The number of hydrogen-bond donors (Lipinski definition) is 0. The lowest BCUT2D eigenvalue weighted by atomic mass is 9.95. The van der Waals surface area contributed by atoms with Crippen molar-refractivity contribution in [3.8, 4) is 0 Å². The van der Waals surface area contributed by atoms with Crippen LogP contribution in [0.5, 0.6) is 0 Å². The van der Waals surface area contributed by atoms with Gasteiger partial charge in [-0.15, -0.1) is 0 Å². The molecule has 0 spiro atoms. The summed E-state index contributed by atoms with van der Waals surface area (Å²) in [5, 5.41) is 0. The van der Waals surface area contributed by atoms with Crippen molar-refractivity contribution in [2.75, 3.05) is 6.54 Å². The standard InChI is InChI=1S/C14H21F4NO.3C2H6/c1-4-10-8(2)9(3)20-12-6-14(17,18)5-11(12)19(10)7-13(15)16;3*1-2/h8,10-13H,3-7H2,1-2H3;3*1-2H3. The Morgan fingerprint density at radius 2 is 1.62 bits per heavy atom. The highest BCUT2D eigenvalue weighted by Gasteiger charge is 2.53. The van der Waals surface area contributed by atoms with E-state index >= 15 is 0 Å². The minimum absolute atomic E-state index is 0.141. The molecule has 2 fully saturated rings. The maximum absolute atomic E-state index is 13.6. The second-order valence-electron chi connectivity index (χ2n) is 5.81. The largest absolute Gasteiger partial charge is 0.493 e. The monoisotopic (exact) mass is 385 g/mol. The number of fused-ring (bicyclic) bond motifs is 1. The molecule has 0 aromatic carbocycles. The van der Waals surface area contributed by atoms with Gasteiger partial charge in [0.2, 0.25) is 0 Å². The highest BCUT2D eigenvalue weighted by molar-refractivity contribution is 5.07. The van der Waals surface area contributed by atoms with Crippen molar-refractivity contribution in [1.82, 2.24) is 4.90 Å². The number of rotatable bonds is 3. The summed E-state index contributed by atoms with van der Waals surface area (Å²) in [4.78, 5) is 1.53. The molecule has 158 valence electrons. The van der Waals surface area contributed by atoms with Crippen LogP contribution in [0.3, 0.4) is 0 Å². The van der Waals surface area contributed by atoms with Crippen LogP contribution in [-0.2, 0) is 4.74 Å². The van der Waals surface area contributed by atoms with Crippen LogP contribution in [-0.4, -0.2) is 42.0 Å². The fourth-order valence-corrected chi connectivity index (χ4v) is 3.47. The zero-order chi connectivity index (χ0) is 21.1. The second-order valence-corrected chi connectivity index (χ2v) is 5.81. The van der Waals surface area contributed by atoms with Gasteiger partial charge in [0.1, 0.15) is 6.10 Å². The van der Waals surface area contributed by atoms with Gasteiger partial charge in [-0.1, -0.05) is 62.0 Å². The minimum atomic E-state index is -2.85. The van der Waals surface area contributed by atoms with E-state index in [1.807, 2.05) is 55.4 Å². The quantitative estimate of drug-likeness (QED) is 0.498. The van der Waals surface area contributed by atoms with E-state index in [4.69, 9.17) is 4.74 Å². The molecule has 0 aromatic rings. The third kappa shape index (κ3) is 7.45. The van der Waals surface area contributed by atoms with Crippen LogP contribution in [0.4, 0.5) is 17.6 Å². The van der Waals surface area contributed by atoms with Crippen molar-refractivity contribution in [3.63, 3.8) is 0 Å². The van der Waals surface area contributed by atoms with Gasteiger partial charge in [0.15, 0.2) is 0 Å². The Balaban J connectivity index is 0. The molecule has 2 rings (SSSR count). The van der Waals surface area contributed by atoms with Gasteiger partial charge in [-0.25, -0.2) is 17.6 Å². The van der Waals surface area contributed by atoms with E-state index in [1.165, 1.54) is 4.90 Å². The lowest BCUT2D eigenvalue weighted by Gasteiger charge is -2.36. The fourth-order valence-electron chi connectivity index (χ4n) is 3.47. The van der Waals surface area contributed by atoms with Gasteiger partial charge in [0, 0.05) is 24.8 Å². The van der Waals surface area contributed by atoms with Gasteiger partial charge < -0.3 is 4.74 Å². The van der Waals surface area contributed by atoms with Gasteiger partial charge in [0.25, 0.3) is 12.3 Å². The number of hydrogen-bond acceptors (Lipinski definition) is 2. The molecule has 0 amide bonds. The van der Waals surface area contributed by atoms with Crippen LogP contribution in [0, 0.1) is 5.92 Å². The Morgan fingerprint density at radius 3 is 2.04 bits per heavy atom. The molecule has 0 aromatic heterocycles. The van der Waals surface area contributed by atoms with Crippen molar-refractivity contribution < 1.29 is 22.3 Å². The molecule has 0 N–H and O–H groups in total. The summed E-state index contributed by atoms with van der Waals surface area (Å²) in [5.41, 5.74) is 0. The molecule has 4 unspecified atom stereocenters. The Kier molecular flexibility index (Phi) is 14.1. The molecule has 26 heavy (non-hydrogen) atoms. The predicted octanol–water partition coefficient (Wildman–Crippen LogP) is 6.76. The Labute approximate surface area is 158 Å². The molecule has 1 saturated carbocycles. The van der Waals surface area contributed by atoms with Crippen LogP contribution in [0.2, 0.25) is 0 Å². The zero-order valence-electron chi connectivity index (χ0n) is 17.8. The molecular formula is C20H39F4NO. The van der Waals surface area contributed by atoms with Gasteiger partial charge >= 0.3 is 0 Å². The van der Waals surface area contributed by atoms with E-state index < -0.39 is 43.9 Å². The first-order valence-electron chi connectivity index (χ1n) is 10.0. The van der Waals surface area contributed by atoms with Crippen LogP contribution in [0.1, 0.15) is 74.7 Å². The van der Waals surface area contributed by atoms with E-state index in [0.29, 0.717) is 12.2 Å². The summed E-state index contributed by atoms with van der Waals surface area (Å²) in [5.74, 6) is -2.56. The predicted molar refractivity (Wildman–Crippen MR) is 102 cm³/mol. The molecule has 1 heterocycles. The van der Waals surface area contributed by atoms with Crippen LogP contribution >= 0.6 is 0 Å². The van der Waals surface area contributed by atoms with Crippen molar-refractivity contribution >= 4 is 0 Å². The molecular weight excluding hydrogens is 346 g/mol. The highest BCUT2D eigenvalue weighted by Crippen LogP contribution is 2.44. The first-order valence-corrected chi connectivity index (χ1v) is 10.0. The second kappa shape index (κ2) is 13.4. The number of nitrogens with zero attached hydrogens (tertiary/aromatic N) is 1. The average Bonchev–Trinajstić information content (AvgIpc) is 2.89. The number of alkyl halides is 4. The summed E-state index contributed by atoms with van der Waals surface area (Å²) < 4.78 is 58.5. The molecule has 2 nitrogen and oxygen atoms in total. The highest BCUT2D eigenvalue weighted by atomic mass is 19.3. The van der Waals surface area contributed by atoms with Crippen molar-refractivity contribution in [3.05, 3.63) is 12.3 Å². The Bertz CT molecular complexity index is 377. The van der Waals surface area contributed by atoms with Gasteiger partial charge in [-0.3, -0.25) is 4.90 Å². The van der Waals surface area contributed by atoms with Crippen LogP contribution in [0.25, 0.3) is 0 Å². The minimum Gasteiger partial charge on any atom is -0.493 e. The normalized spacial score (nSPS) is 29.7. The summed E-state index contributed by atoms with van der Waals surface area (Å²) in [6.07, 6.45) is -3.52. The zero-order valence-corrected chi connectivity index (χ0v) is 17.8. The van der Waals surface area contributed by atoms with Crippen LogP contribution in [0.15, 0.2) is 12.3 Å². The lowest BCUT2D eigenvalue weighted by Crippen LogP contribution is -2.49. The first-order chi connectivity index (χ1) is 12.2. The topological polar surface area (TPSA) is 12.5 Å². The number of ether oxygens (including phenoxy) is 1. The fraction of sp³-hybridized carbons (Fsp3) is 0.900. The lowest BCUT2D eigenvalue weighted by molar-refractivity contribution is -0.0172. The SMILES string of the molecule is C=C1OC2CC(F)(F)CC2N(CC(F)F)C(CC)C1C.CC.CC.CC. The molecule has 2 aliphatic rings. The Hall–Kier alpha value is -0.780. The van der Waals surface area contributed by atoms with Crippen molar-refractivity contribution in [1.29, 1.82) is 0 Å². The molecule has 6 heteroatoms. The first kappa shape index (κ1) is 27.4. The van der Waals surface area contributed by atoms with E-state index in [9.17, 15) is 17.6 Å². The number of halogens is 4. The van der Waals surface area contributed by atoms with Gasteiger partial charge in [-0.2, -0.15) is 0 Å². The molecule has 1 aliphatic carbocycles. The van der Waals surface area contributed by atoms with Gasteiger partial charge in [0.05, 0.1) is 18.3 Å².